The number of aliphatic hydroxyl groups excluding tert-OH is 1. The van der Waals surface area contributed by atoms with Crippen molar-refractivity contribution in [3.63, 3.8) is 0 Å². The van der Waals surface area contributed by atoms with E-state index in [0.29, 0.717) is 0 Å². The summed E-state index contributed by atoms with van der Waals surface area (Å²) in [5.41, 5.74) is 0.965. The van der Waals surface area contributed by atoms with E-state index in [-0.39, 0.29) is 0 Å². The number of benzene rings is 1. The average Bonchev–Trinajstić information content (AvgIpc) is 2.34. The Labute approximate surface area is 98.8 Å². The minimum absolute atomic E-state index is 0.452. The minimum atomic E-state index is -0.452. The predicted octanol–water partition coefficient (Wildman–Crippen LogP) is 4.25. The quantitative estimate of drug-likeness (QED) is 0.536. The molecule has 0 radical (unpaired) electrons. The van der Waals surface area contributed by atoms with Gasteiger partial charge in [-0.15, -0.1) is 0 Å². The maximum atomic E-state index is 9.84. The maximum absolute atomic E-state index is 9.84. The van der Waals surface area contributed by atoms with E-state index in [1.54, 1.807) is 0 Å². The Morgan fingerprint density at radius 1 is 1.12 bits per heavy atom. The molecule has 0 bridgehead atoms. The van der Waals surface area contributed by atoms with Crippen molar-refractivity contribution in [3.8, 4) is 0 Å². The van der Waals surface area contributed by atoms with Gasteiger partial charge in [0.15, 0.2) is 0 Å². The van der Waals surface area contributed by atoms with E-state index in [2.05, 4.69) is 13.0 Å². The van der Waals surface area contributed by atoms with Crippen LogP contribution in [0.2, 0.25) is 0 Å². The topological polar surface area (TPSA) is 20.2 Å². The van der Waals surface area contributed by atoms with Crippen molar-refractivity contribution >= 4 is 0 Å². The van der Waals surface area contributed by atoms with Crippen LogP contribution in [-0.4, -0.2) is 5.11 Å². The molecule has 0 aromatic heterocycles. The van der Waals surface area contributed by atoms with Gasteiger partial charge in [0.2, 0.25) is 0 Å². The van der Waals surface area contributed by atoms with E-state index in [1.165, 1.54) is 25.7 Å². The lowest BCUT2D eigenvalue weighted by molar-refractivity contribution is 0.228. The molecule has 0 fully saturated rings. The second-order valence-electron chi connectivity index (χ2n) is 4.13. The first kappa shape index (κ1) is 13.0. The largest absolute Gasteiger partial charge is 0.384 e. The molecule has 1 nitrogen and oxygen atoms in total. The Balaban J connectivity index is 2.24. The molecule has 0 aliphatic carbocycles. The van der Waals surface area contributed by atoms with Crippen LogP contribution in [0.1, 0.15) is 50.7 Å². The summed E-state index contributed by atoms with van der Waals surface area (Å²) in [6.45, 7) is 2.22. The summed E-state index contributed by atoms with van der Waals surface area (Å²) in [6, 6.07) is 9.77. The second-order valence-corrected chi connectivity index (χ2v) is 4.13. The second kappa shape index (κ2) is 8.12. The summed E-state index contributed by atoms with van der Waals surface area (Å²) in [4.78, 5) is 0. The van der Waals surface area contributed by atoms with Gasteiger partial charge in [-0.05, 0) is 18.4 Å². The van der Waals surface area contributed by atoms with Crippen LogP contribution >= 0.6 is 0 Å². The van der Waals surface area contributed by atoms with Crippen LogP contribution in [0.3, 0.4) is 0 Å². The van der Waals surface area contributed by atoms with Crippen molar-refractivity contribution in [2.45, 2.75) is 45.1 Å². The van der Waals surface area contributed by atoms with E-state index in [4.69, 9.17) is 0 Å². The molecule has 0 aliphatic rings. The summed E-state index contributed by atoms with van der Waals surface area (Å²) in [5, 5.41) is 9.84. The molecule has 0 saturated carbocycles. The molecule has 1 rings (SSSR count). The first-order valence-corrected chi connectivity index (χ1v) is 6.24. The van der Waals surface area contributed by atoms with Gasteiger partial charge >= 0.3 is 0 Å². The lowest BCUT2D eigenvalue weighted by Gasteiger charge is -2.04. The number of aliphatic hydroxyl groups is 1. The van der Waals surface area contributed by atoms with Crippen molar-refractivity contribution in [1.29, 1.82) is 0 Å². The van der Waals surface area contributed by atoms with Gasteiger partial charge in [-0.25, -0.2) is 0 Å². The zero-order chi connectivity index (χ0) is 11.6. The molecule has 1 unspecified atom stereocenters. The van der Waals surface area contributed by atoms with Crippen molar-refractivity contribution in [2.75, 3.05) is 0 Å². The third kappa shape index (κ3) is 5.13. The van der Waals surface area contributed by atoms with Crippen LogP contribution in [0.4, 0.5) is 0 Å². The highest BCUT2D eigenvalue weighted by atomic mass is 16.3. The standard InChI is InChI=1S/C15H22O/c1-2-3-4-5-6-10-13-15(16)14-11-8-7-9-12-14/h7-13,15-16H,2-6H2,1H3/b13-10-. The first-order chi connectivity index (χ1) is 7.84. The fourth-order valence-electron chi connectivity index (χ4n) is 1.68. The summed E-state index contributed by atoms with van der Waals surface area (Å²) in [5.74, 6) is 0. The monoisotopic (exact) mass is 218 g/mol. The molecule has 1 heteroatoms. The summed E-state index contributed by atoms with van der Waals surface area (Å²) >= 11 is 0. The third-order valence-electron chi connectivity index (χ3n) is 2.68. The number of unbranched alkanes of at least 4 members (excludes halogenated alkanes) is 4. The molecule has 0 heterocycles. The van der Waals surface area contributed by atoms with Crippen LogP contribution in [0, 0.1) is 0 Å². The normalized spacial score (nSPS) is 13.1. The summed E-state index contributed by atoms with van der Waals surface area (Å²) < 4.78 is 0. The van der Waals surface area contributed by atoms with E-state index in [0.717, 1.165) is 12.0 Å². The smallest absolute Gasteiger partial charge is 0.0971 e. The molecule has 0 aliphatic heterocycles. The van der Waals surface area contributed by atoms with Gasteiger partial charge in [0.25, 0.3) is 0 Å². The molecule has 1 aromatic carbocycles. The van der Waals surface area contributed by atoms with Gasteiger partial charge in [-0.2, -0.15) is 0 Å². The van der Waals surface area contributed by atoms with Gasteiger partial charge in [-0.1, -0.05) is 68.7 Å². The molecule has 0 amide bonds. The van der Waals surface area contributed by atoms with Crippen molar-refractivity contribution in [1.82, 2.24) is 0 Å². The Bertz CT molecular complexity index is 290. The van der Waals surface area contributed by atoms with Crippen LogP contribution in [0.25, 0.3) is 0 Å². The van der Waals surface area contributed by atoms with E-state index >= 15 is 0 Å². The highest BCUT2D eigenvalue weighted by Crippen LogP contribution is 2.14. The van der Waals surface area contributed by atoms with Gasteiger partial charge in [0.05, 0.1) is 6.10 Å². The van der Waals surface area contributed by atoms with E-state index < -0.39 is 6.10 Å². The average molecular weight is 218 g/mol. The van der Waals surface area contributed by atoms with Gasteiger partial charge in [-0.3, -0.25) is 0 Å². The van der Waals surface area contributed by atoms with Gasteiger partial charge < -0.3 is 5.11 Å². The Kier molecular flexibility index (Phi) is 6.59. The molecule has 0 spiro atoms. The Hall–Kier alpha value is -1.08. The third-order valence-corrected chi connectivity index (χ3v) is 2.68. The highest BCUT2D eigenvalue weighted by Gasteiger charge is 2.00. The zero-order valence-electron chi connectivity index (χ0n) is 10.1. The van der Waals surface area contributed by atoms with E-state index in [9.17, 15) is 5.11 Å². The maximum Gasteiger partial charge on any atom is 0.0971 e. The molecule has 1 atom stereocenters. The molecule has 88 valence electrons. The number of hydrogen-bond acceptors (Lipinski definition) is 1. The van der Waals surface area contributed by atoms with Crippen molar-refractivity contribution < 1.29 is 5.11 Å². The van der Waals surface area contributed by atoms with Crippen molar-refractivity contribution in [3.05, 3.63) is 48.0 Å². The molecule has 1 N–H and O–H groups in total. The fraction of sp³-hybridized carbons (Fsp3) is 0.467. The molecular formula is C15H22O. The number of hydrogen-bond donors (Lipinski definition) is 1. The lowest BCUT2D eigenvalue weighted by atomic mass is 10.1. The van der Waals surface area contributed by atoms with Gasteiger partial charge in [0.1, 0.15) is 0 Å². The SMILES string of the molecule is CCCCCC/C=C\C(O)c1ccccc1. The first-order valence-electron chi connectivity index (χ1n) is 6.24. The highest BCUT2D eigenvalue weighted by molar-refractivity contribution is 5.20. The number of rotatable bonds is 7. The summed E-state index contributed by atoms with van der Waals surface area (Å²) in [7, 11) is 0. The van der Waals surface area contributed by atoms with Crippen LogP contribution in [-0.2, 0) is 0 Å². The van der Waals surface area contributed by atoms with Crippen LogP contribution in [0.15, 0.2) is 42.5 Å². The number of allylic oxidation sites excluding steroid dienone is 1. The fourth-order valence-corrected chi connectivity index (χ4v) is 1.68. The molecule has 16 heavy (non-hydrogen) atoms. The lowest BCUT2D eigenvalue weighted by Crippen LogP contribution is -1.91. The van der Waals surface area contributed by atoms with Crippen molar-refractivity contribution in [2.24, 2.45) is 0 Å². The summed E-state index contributed by atoms with van der Waals surface area (Å²) in [6.07, 6.45) is 9.71. The zero-order valence-corrected chi connectivity index (χ0v) is 10.1. The van der Waals surface area contributed by atoms with Crippen LogP contribution < -0.4 is 0 Å². The molecule has 0 saturated heterocycles. The van der Waals surface area contributed by atoms with E-state index in [1.807, 2.05) is 36.4 Å². The molecular weight excluding hydrogens is 196 g/mol. The Morgan fingerprint density at radius 2 is 1.88 bits per heavy atom. The van der Waals surface area contributed by atoms with Crippen LogP contribution in [0.5, 0.6) is 0 Å². The van der Waals surface area contributed by atoms with Gasteiger partial charge in [0, 0.05) is 0 Å². The Morgan fingerprint density at radius 3 is 2.56 bits per heavy atom. The predicted molar refractivity (Wildman–Crippen MR) is 69.3 cm³/mol. The molecule has 1 aromatic rings. The minimum Gasteiger partial charge on any atom is -0.384 e.